The lowest BCUT2D eigenvalue weighted by atomic mass is 9.43. The maximum absolute atomic E-state index is 12.3. The molecule has 204 valence electrons. The van der Waals surface area contributed by atoms with Crippen molar-refractivity contribution < 1.29 is 23.8 Å². The molecule has 1 saturated heterocycles. The van der Waals surface area contributed by atoms with Crippen molar-refractivity contribution in [2.45, 2.75) is 137 Å². The highest BCUT2D eigenvalue weighted by Crippen LogP contribution is 2.69. The molecule has 0 N–H and O–H groups in total. The molecule has 1 aliphatic heterocycles. The number of ether oxygens (including phenoxy) is 3. The first-order chi connectivity index (χ1) is 16.8. The van der Waals surface area contributed by atoms with Gasteiger partial charge in [-0.3, -0.25) is 9.59 Å². The summed E-state index contributed by atoms with van der Waals surface area (Å²) in [5.41, 5.74) is 0.661. The molecular weight excluding hydrogens is 452 g/mol. The molecule has 0 aromatic rings. The lowest BCUT2D eigenvalue weighted by molar-refractivity contribution is -0.197. The van der Waals surface area contributed by atoms with E-state index in [0.717, 1.165) is 31.6 Å². The number of hydrogen-bond acceptors (Lipinski definition) is 5. The Bertz CT molecular complexity index is 867. The third-order valence-electron chi connectivity index (χ3n) is 12.1. The van der Waals surface area contributed by atoms with Crippen LogP contribution in [0.1, 0.15) is 113 Å². The van der Waals surface area contributed by atoms with Crippen molar-refractivity contribution in [3.8, 4) is 0 Å². The zero-order valence-electron chi connectivity index (χ0n) is 23.8. The molecule has 0 spiro atoms. The predicted molar refractivity (Wildman–Crippen MR) is 139 cm³/mol. The summed E-state index contributed by atoms with van der Waals surface area (Å²) in [6.45, 7) is 15.1. The first-order valence-electron chi connectivity index (χ1n) is 14.9. The van der Waals surface area contributed by atoms with Gasteiger partial charge in [0, 0.05) is 19.8 Å². The van der Waals surface area contributed by atoms with Gasteiger partial charge in [-0.25, -0.2) is 0 Å². The first kappa shape index (κ1) is 26.5. The fourth-order valence-corrected chi connectivity index (χ4v) is 10.2. The van der Waals surface area contributed by atoms with Crippen molar-refractivity contribution in [3.63, 3.8) is 0 Å². The van der Waals surface area contributed by atoms with Crippen LogP contribution in [0.15, 0.2) is 0 Å². The Kier molecular flexibility index (Phi) is 6.83. The molecule has 5 rings (SSSR count). The summed E-state index contributed by atoms with van der Waals surface area (Å²) in [6, 6.07) is 0. The van der Waals surface area contributed by atoms with Crippen molar-refractivity contribution in [1.29, 1.82) is 0 Å². The van der Waals surface area contributed by atoms with E-state index < -0.39 is 0 Å². The highest BCUT2D eigenvalue weighted by atomic mass is 16.6. The molecule has 4 saturated carbocycles. The number of hydrogen-bond donors (Lipinski definition) is 0. The lowest BCUT2D eigenvalue weighted by Crippen LogP contribution is -2.59. The third kappa shape index (κ3) is 4.54. The molecule has 5 fully saturated rings. The standard InChI is InChI=1S/C31H50O5/c1-18(8-11-27-29(4,5)36-27)23-9-10-24-28-25(13-15-31(23,24)7)30(6)14-12-22(34-19(2)32)16-21(30)17-26(28)35-20(3)33/h18,21-28H,8-17H2,1-7H3/t18-,21+,22?,23-,24+,25+,26?,27?,28+,30+,31-/m1/s1. The van der Waals surface area contributed by atoms with Gasteiger partial charge in [0.05, 0.1) is 11.7 Å². The SMILES string of the molecule is CC(=O)OC1CC[C@@]2(C)[C@@H](C1)CC(OC(C)=O)[C@@H]1[C@@H]2CC[C@]2(C)[C@@H]([C@H](C)CCC3OC3(C)C)CC[C@@H]12. The largest absolute Gasteiger partial charge is 0.463 e. The molecule has 0 aromatic heterocycles. The van der Waals surface area contributed by atoms with E-state index in [1.54, 1.807) is 6.92 Å². The Hall–Kier alpha value is -1.10. The predicted octanol–water partition coefficient (Wildman–Crippen LogP) is 6.71. The Morgan fingerprint density at radius 1 is 0.889 bits per heavy atom. The first-order valence-corrected chi connectivity index (χ1v) is 14.9. The normalized spacial score (nSPS) is 47.6. The zero-order chi connectivity index (χ0) is 26.0. The number of epoxide rings is 1. The quantitative estimate of drug-likeness (QED) is 0.298. The molecule has 3 unspecified atom stereocenters. The second-order valence-corrected chi connectivity index (χ2v) is 14.4. The van der Waals surface area contributed by atoms with Crippen LogP contribution in [-0.4, -0.2) is 35.9 Å². The minimum atomic E-state index is -0.176. The fraction of sp³-hybridized carbons (Fsp3) is 0.935. The van der Waals surface area contributed by atoms with Gasteiger partial charge in [0.25, 0.3) is 0 Å². The number of rotatable bonds is 6. The Labute approximate surface area is 218 Å². The molecular formula is C31H50O5. The van der Waals surface area contributed by atoms with Gasteiger partial charge < -0.3 is 14.2 Å². The van der Waals surface area contributed by atoms with E-state index >= 15 is 0 Å². The summed E-state index contributed by atoms with van der Waals surface area (Å²) in [4.78, 5) is 23.9. The highest BCUT2D eigenvalue weighted by molar-refractivity contribution is 5.66. The zero-order valence-corrected chi connectivity index (χ0v) is 23.8. The van der Waals surface area contributed by atoms with Crippen molar-refractivity contribution in [3.05, 3.63) is 0 Å². The minimum absolute atomic E-state index is 0.000924. The van der Waals surface area contributed by atoms with Crippen LogP contribution in [0, 0.1) is 46.3 Å². The smallest absolute Gasteiger partial charge is 0.302 e. The summed E-state index contributed by atoms with van der Waals surface area (Å²) in [6.07, 6.45) is 11.9. The fourth-order valence-electron chi connectivity index (χ4n) is 10.2. The molecule has 0 radical (unpaired) electrons. The minimum Gasteiger partial charge on any atom is -0.463 e. The van der Waals surface area contributed by atoms with Crippen molar-refractivity contribution in [2.75, 3.05) is 0 Å². The van der Waals surface area contributed by atoms with Gasteiger partial charge in [0.2, 0.25) is 0 Å². The molecule has 0 bridgehead atoms. The van der Waals surface area contributed by atoms with E-state index in [-0.39, 0.29) is 35.2 Å². The Balaban J connectivity index is 1.35. The average Bonchev–Trinajstić information content (AvgIpc) is 3.23. The summed E-state index contributed by atoms with van der Waals surface area (Å²) >= 11 is 0. The maximum Gasteiger partial charge on any atom is 0.302 e. The van der Waals surface area contributed by atoms with Crippen LogP contribution >= 0.6 is 0 Å². The monoisotopic (exact) mass is 502 g/mol. The second-order valence-electron chi connectivity index (χ2n) is 14.4. The van der Waals surface area contributed by atoms with Gasteiger partial charge >= 0.3 is 11.9 Å². The van der Waals surface area contributed by atoms with Crippen molar-refractivity contribution in [2.24, 2.45) is 46.3 Å². The van der Waals surface area contributed by atoms with Crippen LogP contribution in [-0.2, 0) is 23.8 Å². The van der Waals surface area contributed by atoms with Gasteiger partial charge in [-0.1, -0.05) is 20.8 Å². The maximum atomic E-state index is 12.3. The molecule has 5 nitrogen and oxygen atoms in total. The van der Waals surface area contributed by atoms with Crippen LogP contribution in [0.5, 0.6) is 0 Å². The molecule has 4 aliphatic carbocycles. The second kappa shape index (κ2) is 9.27. The summed E-state index contributed by atoms with van der Waals surface area (Å²) in [7, 11) is 0. The van der Waals surface area contributed by atoms with Gasteiger partial charge in [0.1, 0.15) is 12.2 Å². The van der Waals surface area contributed by atoms with Crippen LogP contribution in [0.4, 0.5) is 0 Å². The van der Waals surface area contributed by atoms with E-state index in [1.807, 2.05) is 0 Å². The molecule has 5 aliphatic rings. The van der Waals surface area contributed by atoms with Gasteiger partial charge in [0.15, 0.2) is 0 Å². The van der Waals surface area contributed by atoms with Crippen LogP contribution < -0.4 is 0 Å². The summed E-state index contributed by atoms with van der Waals surface area (Å²) in [5, 5.41) is 0. The topological polar surface area (TPSA) is 65.1 Å². The summed E-state index contributed by atoms with van der Waals surface area (Å²) < 4.78 is 17.7. The van der Waals surface area contributed by atoms with Gasteiger partial charge in [-0.05, 0) is 118 Å². The lowest BCUT2D eigenvalue weighted by Gasteiger charge is -2.62. The van der Waals surface area contributed by atoms with Crippen molar-refractivity contribution >= 4 is 11.9 Å². The Morgan fingerprint density at radius 2 is 1.53 bits per heavy atom. The number of carbonyl (C=O) groups excluding carboxylic acids is 2. The van der Waals surface area contributed by atoms with E-state index in [1.165, 1.54) is 45.4 Å². The van der Waals surface area contributed by atoms with Crippen molar-refractivity contribution in [1.82, 2.24) is 0 Å². The van der Waals surface area contributed by atoms with Crippen LogP contribution in [0.2, 0.25) is 0 Å². The highest BCUT2D eigenvalue weighted by Gasteiger charge is 2.64. The molecule has 0 aromatic carbocycles. The van der Waals surface area contributed by atoms with Crippen LogP contribution in [0.3, 0.4) is 0 Å². The number of carbonyl (C=O) groups is 2. The van der Waals surface area contributed by atoms with E-state index in [0.29, 0.717) is 41.1 Å². The van der Waals surface area contributed by atoms with Crippen LogP contribution in [0.25, 0.3) is 0 Å². The molecule has 1 heterocycles. The number of fused-ring (bicyclic) bond motifs is 5. The molecule has 5 heteroatoms. The van der Waals surface area contributed by atoms with Gasteiger partial charge in [-0.2, -0.15) is 0 Å². The third-order valence-corrected chi connectivity index (χ3v) is 12.1. The van der Waals surface area contributed by atoms with E-state index in [4.69, 9.17) is 14.2 Å². The Morgan fingerprint density at radius 3 is 2.17 bits per heavy atom. The summed E-state index contributed by atoms with van der Waals surface area (Å²) in [5.74, 6) is 3.26. The average molecular weight is 503 g/mol. The molecule has 36 heavy (non-hydrogen) atoms. The van der Waals surface area contributed by atoms with E-state index in [2.05, 4.69) is 34.6 Å². The van der Waals surface area contributed by atoms with Gasteiger partial charge in [-0.15, -0.1) is 0 Å². The number of esters is 2. The molecule has 0 amide bonds. The van der Waals surface area contributed by atoms with E-state index in [9.17, 15) is 9.59 Å². The molecule has 11 atom stereocenters.